The number of para-hydroxylation sites is 4. The van der Waals surface area contributed by atoms with E-state index in [1.807, 2.05) is 73.1 Å². The smallest absolute Gasteiger partial charge is 0.246 e. The fourth-order valence-corrected chi connectivity index (χ4v) is 19.7. The van der Waals surface area contributed by atoms with Crippen LogP contribution in [0.25, 0.3) is 156 Å². The lowest BCUT2D eigenvalue weighted by atomic mass is 9.35. The minimum absolute atomic E-state index is 0.0672. The van der Waals surface area contributed by atoms with E-state index < -0.39 is 0 Å². The highest BCUT2D eigenvalue weighted by Gasteiger charge is 2.39. The predicted octanol–water partition coefficient (Wildman–Crippen LogP) is 24.5. The second-order valence-electron chi connectivity index (χ2n) is 32.8. The molecule has 0 radical (unpaired) electrons. The molecular formula is C116H76B2N10. The molecule has 0 fully saturated rings. The summed E-state index contributed by atoms with van der Waals surface area (Å²) in [6, 6.07) is 161. The normalized spacial score (nSPS) is 11.9. The third-order valence-corrected chi connectivity index (χ3v) is 25.3. The van der Waals surface area contributed by atoms with Gasteiger partial charge in [-0.25, -0.2) is 19.9 Å². The third kappa shape index (κ3) is 13.2. The Hall–Kier alpha value is -17.0. The minimum Gasteiger partial charge on any atom is -0.311 e. The van der Waals surface area contributed by atoms with E-state index in [1.165, 1.54) is 104 Å². The molecule has 0 saturated heterocycles. The van der Waals surface area contributed by atoms with Gasteiger partial charge in [0.1, 0.15) is 0 Å². The lowest BCUT2D eigenvalue weighted by Gasteiger charge is -2.31. The number of pyridine rings is 3. The molecule has 0 amide bonds. The summed E-state index contributed by atoms with van der Waals surface area (Å²) in [6.45, 7) is -0.185. The van der Waals surface area contributed by atoms with E-state index in [4.69, 9.17) is 29.9 Å². The predicted molar refractivity (Wildman–Crippen MR) is 533 cm³/mol. The highest BCUT2D eigenvalue weighted by Crippen LogP contribution is 2.47. The Labute approximate surface area is 741 Å². The molecule has 596 valence electrons. The Kier molecular flexibility index (Phi) is 18.6. The summed E-state index contributed by atoms with van der Waals surface area (Å²) in [5, 5.41) is 9.88. The number of aromatic nitrogens is 8. The molecule has 2 aliphatic heterocycles. The summed E-state index contributed by atoms with van der Waals surface area (Å²) in [4.78, 5) is 35.0. The molecule has 8 heterocycles. The fraction of sp³-hybridized carbons (Fsp3) is 0. The van der Waals surface area contributed by atoms with Gasteiger partial charge in [-0.1, -0.05) is 314 Å². The Morgan fingerprint density at radius 2 is 0.570 bits per heavy atom. The van der Waals surface area contributed by atoms with Crippen LogP contribution in [0.4, 0.5) is 34.1 Å². The number of hydrogen-bond donors (Lipinski definition) is 0. The van der Waals surface area contributed by atoms with Crippen molar-refractivity contribution in [3.8, 4) is 90.6 Å². The second kappa shape index (κ2) is 31.7. The Morgan fingerprint density at radius 3 is 1.02 bits per heavy atom. The first-order valence-corrected chi connectivity index (χ1v) is 43.5. The summed E-state index contributed by atoms with van der Waals surface area (Å²) in [7, 11) is 0. The molecule has 0 unspecified atom stereocenters. The molecule has 2 aliphatic rings. The van der Waals surface area contributed by atoms with Crippen LogP contribution in [0, 0.1) is 0 Å². The lowest BCUT2D eigenvalue weighted by Crippen LogP contribution is -2.56. The number of anilines is 6. The van der Waals surface area contributed by atoms with Crippen LogP contribution in [0.5, 0.6) is 0 Å². The molecular weight excluding hydrogens is 1550 g/mol. The highest BCUT2D eigenvalue weighted by molar-refractivity contribution is 6.99. The number of benzene rings is 17. The van der Waals surface area contributed by atoms with Gasteiger partial charge in [-0.2, -0.15) is 0 Å². The highest BCUT2D eigenvalue weighted by atomic mass is 15.2. The van der Waals surface area contributed by atoms with Crippen LogP contribution in [0.15, 0.2) is 461 Å². The average molecular weight is 1630 g/mol. The van der Waals surface area contributed by atoms with E-state index in [1.54, 1.807) is 0 Å². The SMILES string of the molecule is c1ccc(B2c3cc(-c4cc(-c5ccccn5)nc(-c5ccccn5)c4)ccc3-n3c4ccc5ccccc5c4c4cc(N(c5ccccc5)c5ccccc5)cc2c43)cc1.c1ccc(B2c3cc(-c4nc(-c5ccccc5)nc(-c5cccc(-c6ccccc6)c5)n4)ccc3-n3c4ccc5ccccc5c4c4cc(N(c5ccccc5)c5ccccc5)cc2c43)cc1. The number of hydrogen-bond acceptors (Lipinski definition) is 8. The van der Waals surface area contributed by atoms with Gasteiger partial charge in [0.2, 0.25) is 13.4 Å². The molecule has 0 N–H and O–H groups in total. The second-order valence-corrected chi connectivity index (χ2v) is 32.8. The van der Waals surface area contributed by atoms with Crippen LogP contribution in [0.1, 0.15) is 0 Å². The van der Waals surface area contributed by atoms with Crippen molar-refractivity contribution in [3.63, 3.8) is 0 Å². The largest absolute Gasteiger partial charge is 0.311 e. The summed E-state index contributed by atoms with van der Waals surface area (Å²) in [5.74, 6) is 1.88. The van der Waals surface area contributed by atoms with Crippen molar-refractivity contribution in [1.82, 2.24) is 39.0 Å². The maximum atomic E-state index is 5.31. The minimum atomic E-state index is -0.118. The monoisotopic (exact) mass is 1630 g/mol. The Bertz CT molecular complexity index is 8040. The molecule has 0 aliphatic carbocycles. The molecule has 10 nitrogen and oxygen atoms in total. The molecule has 0 saturated carbocycles. The van der Waals surface area contributed by atoms with Crippen LogP contribution in [0.2, 0.25) is 0 Å². The maximum absolute atomic E-state index is 5.31. The first-order valence-electron chi connectivity index (χ1n) is 43.5. The van der Waals surface area contributed by atoms with Crippen molar-refractivity contribution in [2.45, 2.75) is 0 Å². The fourth-order valence-electron chi connectivity index (χ4n) is 19.7. The van der Waals surface area contributed by atoms with Crippen LogP contribution < -0.4 is 42.6 Å². The van der Waals surface area contributed by atoms with Gasteiger partial charge in [-0.3, -0.25) is 9.97 Å². The Balaban J connectivity index is 0.000000143. The van der Waals surface area contributed by atoms with Gasteiger partial charge in [-0.15, -0.1) is 0 Å². The van der Waals surface area contributed by atoms with Gasteiger partial charge in [0.15, 0.2) is 17.5 Å². The zero-order chi connectivity index (χ0) is 84.5. The number of fused-ring (bicyclic) bond motifs is 14. The molecule has 0 bridgehead atoms. The van der Waals surface area contributed by atoms with Crippen molar-refractivity contribution in [2.24, 2.45) is 0 Å². The lowest BCUT2D eigenvalue weighted by molar-refractivity contribution is 1.07. The number of rotatable bonds is 15. The quantitative estimate of drug-likeness (QED) is 0.0937. The van der Waals surface area contributed by atoms with Gasteiger partial charge < -0.3 is 18.9 Å². The molecule has 0 atom stereocenters. The van der Waals surface area contributed by atoms with Crippen molar-refractivity contribution in [3.05, 3.63) is 461 Å². The van der Waals surface area contributed by atoms with E-state index in [9.17, 15) is 0 Å². The van der Waals surface area contributed by atoms with Crippen LogP contribution in [-0.4, -0.2) is 52.5 Å². The van der Waals surface area contributed by atoms with E-state index >= 15 is 0 Å². The topological polar surface area (TPSA) is 93.7 Å². The maximum Gasteiger partial charge on any atom is 0.246 e. The van der Waals surface area contributed by atoms with Gasteiger partial charge in [0.05, 0.1) is 33.8 Å². The molecule has 0 spiro atoms. The van der Waals surface area contributed by atoms with E-state index in [2.05, 4.69) is 407 Å². The molecule has 25 rings (SSSR count). The summed E-state index contributed by atoms with van der Waals surface area (Å²) in [6.07, 6.45) is 3.64. The molecule has 6 aromatic heterocycles. The van der Waals surface area contributed by atoms with Gasteiger partial charge in [0, 0.05) is 107 Å². The summed E-state index contributed by atoms with van der Waals surface area (Å²) >= 11 is 0. The van der Waals surface area contributed by atoms with Crippen LogP contribution in [-0.2, 0) is 0 Å². The molecule has 12 heteroatoms. The van der Waals surface area contributed by atoms with Crippen LogP contribution >= 0.6 is 0 Å². The average Bonchev–Trinajstić information content (AvgIpc) is 1.53. The van der Waals surface area contributed by atoms with Crippen molar-refractivity contribution < 1.29 is 0 Å². The molecule has 23 aromatic rings. The van der Waals surface area contributed by atoms with Gasteiger partial charge in [-0.05, 0) is 211 Å². The first kappa shape index (κ1) is 74.8. The van der Waals surface area contributed by atoms with Crippen LogP contribution in [0.3, 0.4) is 0 Å². The van der Waals surface area contributed by atoms with Gasteiger partial charge >= 0.3 is 0 Å². The zero-order valence-corrected chi connectivity index (χ0v) is 69.5. The summed E-state index contributed by atoms with van der Waals surface area (Å²) < 4.78 is 5.03. The van der Waals surface area contributed by atoms with Gasteiger partial charge in [0.25, 0.3) is 0 Å². The standard InChI is InChI=1S/C61H40BN5.C55H36BN5/c1-6-19-41(20-7-1)44-24-18-25-45(37-44)60-63-59(43-22-8-2-9-23-43)64-61(65-60)46-34-35-55-53(38-46)62(47-26-10-3-11-27-47)54-40-50(66(48-28-12-4-13-29-48)49-30-14-5-15-31-49)39-52-57-51-32-17-16-21-42(51)33-36-56(57)67(55)58(52)54;1-4-17-40(18-5-1)56-46-32-38(39-33-50(48-24-12-14-30-57-48)59-51(34-39)49-25-13-15-31-58-49)27-28-52(46)61-53-29-26-37-16-10-11-23-44(37)54(53)45-35-43(36-47(56)55(45)61)60(41-19-6-2-7-20-41)42-21-8-3-9-22-42/h1-40H;1-36H. The number of nitrogens with zero attached hydrogens (tertiary/aromatic N) is 10. The first-order chi connectivity index (χ1) is 63.5. The molecule has 128 heavy (non-hydrogen) atoms. The Morgan fingerprint density at radius 1 is 0.211 bits per heavy atom. The van der Waals surface area contributed by atoms with E-state index in [0.717, 1.165) is 102 Å². The van der Waals surface area contributed by atoms with Crippen molar-refractivity contribution >= 4 is 145 Å². The molecule has 17 aromatic carbocycles. The zero-order valence-electron chi connectivity index (χ0n) is 69.5. The summed E-state index contributed by atoms with van der Waals surface area (Å²) in [5.41, 5.74) is 31.6. The van der Waals surface area contributed by atoms with E-state index in [0.29, 0.717) is 17.5 Å². The van der Waals surface area contributed by atoms with E-state index in [-0.39, 0.29) is 13.4 Å². The third-order valence-electron chi connectivity index (χ3n) is 25.3. The van der Waals surface area contributed by atoms with Crippen molar-refractivity contribution in [2.75, 3.05) is 9.80 Å². The van der Waals surface area contributed by atoms with Crippen molar-refractivity contribution in [1.29, 1.82) is 0 Å².